The zero-order valence-corrected chi connectivity index (χ0v) is 12.9. The van der Waals surface area contributed by atoms with E-state index in [1.54, 1.807) is 19.5 Å². The van der Waals surface area contributed by atoms with E-state index in [0.29, 0.717) is 18.2 Å². The van der Waals surface area contributed by atoms with Crippen molar-refractivity contribution in [3.05, 3.63) is 42.9 Å². The van der Waals surface area contributed by atoms with Crippen LogP contribution in [0.25, 0.3) is 16.8 Å². The first-order valence-electron chi connectivity index (χ1n) is 7.23. The number of pyridine rings is 2. The molecule has 0 atom stereocenters. The Bertz CT molecular complexity index is 843. The van der Waals surface area contributed by atoms with Crippen LogP contribution in [0.3, 0.4) is 0 Å². The van der Waals surface area contributed by atoms with E-state index in [1.165, 1.54) is 0 Å². The fraction of sp³-hybridized carbons (Fsp3) is 0.188. The van der Waals surface area contributed by atoms with Gasteiger partial charge in [0.1, 0.15) is 5.65 Å². The van der Waals surface area contributed by atoms with Crippen molar-refractivity contribution < 1.29 is 9.53 Å². The van der Waals surface area contributed by atoms with Crippen LogP contribution < -0.4 is 15.4 Å². The van der Waals surface area contributed by atoms with E-state index in [2.05, 4.69) is 20.6 Å². The number of hydrogen-bond acceptors (Lipinski definition) is 4. The lowest BCUT2D eigenvalue weighted by Gasteiger charge is -2.04. The number of ether oxygens (including phenoxy) is 1. The van der Waals surface area contributed by atoms with Crippen molar-refractivity contribution >= 4 is 17.5 Å². The van der Waals surface area contributed by atoms with Crippen molar-refractivity contribution in [3.8, 4) is 17.0 Å². The third kappa shape index (κ3) is 3.23. The van der Waals surface area contributed by atoms with Crippen LogP contribution in [0.15, 0.2) is 42.9 Å². The van der Waals surface area contributed by atoms with Crippen LogP contribution in [-0.2, 0) is 0 Å². The number of carbonyl (C=O) groups excluding carboxylic acids is 1. The number of carbonyl (C=O) groups is 1. The topological polar surface area (TPSA) is 80.6 Å². The summed E-state index contributed by atoms with van der Waals surface area (Å²) in [5.74, 6) is 1.06. The molecule has 0 aliphatic carbocycles. The van der Waals surface area contributed by atoms with Gasteiger partial charge >= 0.3 is 6.03 Å². The number of nitrogens with zero attached hydrogens (tertiary/aromatic N) is 3. The minimum Gasteiger partial charge on any atom is -0.481 e. The number of nitrogens with one attached hydrogen (secondary N) is 2. The highest BCUT2D eigenvalue weighted by molar-refractivity contribution is 5.88. The SMILES string of the molecule is CCNC(=O)Nc1cn2ccc(-c3ccnc(OC)c3)cc2n1. The molecule has 0 spiro atoms. The molecule has 2 amide bonds. The van der Waals surface area contributed by atoms with Crippen LogP contribution in [0.4, 0.5) is 10.6 Å². The molecule has 0 fully saturated rings. The maximum Gasteiger partial charge on any atom is 0.320 e. The van der Waals surface area contributed by atoms with Gasteiger partial charge < -0.3 is 14.5 Å². The molecule has 3 rings (SSSR count). The number of hydrogen-bond donors (Lipinski definition) is 2. The van der Waals surface area contributed by atoms with E-state index < -0.39 is 0 Å². The first-order chi connectivity index (χ1) is 11.2. The molecular formula is C16H17N5O2. The molecule has 0 radical (unpaired) electrons. The number of rotatable bonds is 4. The molecule has 0 aromatic carbocycles. The zero-order chi connectivity index (χ0) is 16.2. The van der Waals surface area contributed by atoms with E-state index in [0.717, 1.165) is 16.8 Å². The summed E-state index contributed by atoms with van der Waals surface area (Å²) in [5, 5.41) is 5.37. The quantitative estimate of drug-likeness (QED) is 0.776. The standard InChI is InChI=1S/C16H17N5O2/c1-3-17-16(22)20-13-10-21-7-5-12(8-14(21)19-13)11-4-6-18-15(9-11)23-2/h4-10H,3H2,1-2H3,(H2,17,20,22). The van der Waals surface area contributed by atoms with Crippen LogP contribution in [0.2, 0.25) is 0 Å². The summed E-state index contributed by atoms with van der Waals surface area (Å²) >= 11 is 0. The second kappa shape index (κ2) is 6.35. The van der Waals surface area contributed by atoms with Gasteiger partial charge in [-0.05, 0) is 36.2 Å². The second-order valence-electron chi connectivity index (χ2n) is 4.88. The normalized spacial score (nSPS) is 10.5. The minimum atomic E-state index is -0.269. The fourth-order valence-corrected chi connectivity index (χ4v) is 2.24. The van der Waals surface area contributed by atoms with Gasteiger partial charge in [-0.15, -0.1) is 0 Å². The third-order valence-electron chi connectivity index (χ3n) is 3.32. The maximum absolute atomic E-state index is 11.6. The minimum absolute atomic E-state index is 0.269. The summed E-state index contributed by atoms with van der Waals surface area (Å²) in [5.41, 5.74) is 2.72. The van der Waals surface area contributed by atoms with Gasteiger partial charge in [-0.3, -0.25) is 5.32 Å². The van der Waals surface area contributed by atoms with Gasteiger partial charge in [0.05, 0.1) is 13.3 Å². The molecule has 23 heavy (non-hydrogen) atoms. The summed E-state index contributed by atoms with van der Waals surface area (Å²) in [4.78, 5) is 20.1. The average molecular weight is 311 g/mol. The monoisotopic (exact) mass is 311 g/mol. The van der Waals surface area contributed by atoms with Crippen molar-refractivity contribution in [2.24, 2.45) is 0 Å². The molecule has 7 nitrogen and oxygen atoms in total. The number of fused-ring (bicyclic) bond motifs is 1. The van der Waals surface area contributed by atoms with Crippen molar-refractivity contribution in [2.45, 2.75) is 6.92 Å². The number of urea groups is 1. The smallest absolute Gasteiger partial charge is 0.320 e. The van der Waals surface area contributed by atoms with E-state index in [9.17, 15) is 4.79 Å². The largest absolute Gasteiger partial charge is 0.481 e. The lowest BCUT2D eigenvalue weighted by molar-refractivity contribution is 0.252. The van der Waals surface area contributed by atoms with Crippen molar-refractivity contribution in [3.63, 3.8) is 0 Å². The van der Waals surface area contributed by atoms with E-state index in [-0.39, 0.29) is 6.03 Å². The Morgan fingerprint density at radius 3 is 2.91 bits per heavy atom. The molecule has 3 heterocycles. The summed E-state index contributed by atoms with van der Waals surface area (Å²) in [7, 11) is 1.59. The Morgan fingerprint density at radius 1 is 1.30 bits per heavy atom. The summed E-state index contributed by atoms with van der Waals surface area (Å²) in [6.07, 6.45) is 5.36. The average Bonchev–Trinajstić information content (AvgIpc) is 2.96. The summed E-state index contributed by atoms with van der Waals surface area (Å²) in [6.45, 7) is 2.42. The maximum atomic E-state index is 11.6. The lowest BCUT2D eigenvalue weighted by Crippen LogP contribution is -2.28. The third-order valence-corrected chi connectivity index (χ3v) is 3.32. The molecule has 0 unspecified atom stereocenters. The second-order valence-corrected chi connectivity index (χ2v) is 4.88. The van der Waals surface area contributed by atoms with Crippen LogP contribution in [-0.4, -0.2) is 34.1 Å². The Morgan fingerprint density at radius 2 is 2.13 bits per heavy atom. The zero-order valence-electron chi connectivity index (χ0n) is 12.9. The van der Waals surface area contributed by atoms with Gasteiger partial charge in [-0.25, -0.2) is 14.8 Å². The van der Waals surface area contributed by atoms with Gasteiger partial charge in [-0.2, -0.15) is 0 Å². The van der Waals surface area contributed by atoms with Gasteiger partial charge in [0, 0.05) is 25.0 Å². The number of anilines is 1. The fourth-order valence-electron chi connectivity index (χ4n) is 2.24. The van der Waals surface area contributed by atoms with E-state index in [4.69, 9.17) is 4.74 Å². The Balaban J connectivity index is 1.91. The first kappa shape index (κ1) is 14.8. The summed E-state index contributed by atoms with van der Waals surface area (Å²) in [6, 6.07) is 7.42. The van der Waals surface area contributed by atoms with E-state index >= 15 is 0 Å². The van der Waals surface area contributed by atoms with Crippen LogP contribution in [0.5, 0.6) is 5.88 Å². The molecule has 0 saturated heterocycles. The number of imidazole rings is 1. The number of methoxy groups -OCH3 is 1. The predicted molar refractivity (Wildman–Crippen MR) is 87.7 cm³/mol. The van der Waals surface area contributed by atoms with Crippen LogP contribution >= 0.6 is 0 Å². The van der Waals surface area contributed by atoms with Crippen molar-refractivity contribution in [1.82, 2.24) is 19.7 Å². The molecule has 0 saturated carbocycles. The van der Waals surface area contributed by atoms with Gasteiger partial charge in [0.15, 0.2) is 5.82 Å². The highest BCUT2D eigenvalue weighted by Gasteiger charge is 2.07. The Labute approximate surface area is 133 Å². The molecule has 3 aromatic rings. The molecular weight excluding hydrogens is 294 g/mol. The Kier molecular flexibility index (Phi) is 4.09. The number of aromatic nitrogens is 3. The van der Waals surface area contributed by atoms with Gasteiger partial charge in [0.25, 0.3) is 0 Å². The lowest BCUT2D eigenvalue weighted by atomic mass is 10.1. The number of amides is 2. The van der Waals surface area contributed by atoms with Gasteiger partial charge in [0.2, 0.25) is 5.88 Å². The highest BCUT2D eigenvalue weighted by atomic mass is 16.5. The van der Waals surface area contributed by atoms with Crippen molar-refractivity contribution in [1.29, 1.82) is 0 Å². The molecule has 7 heteroatoms. The van der Waals surface area contributed by atoms with Crippen LogP contribution in [0.1, 0.15) is 6.92 Å². The van der Waals surface area contributed by atoms with Gasteiger partial charge in [-0.1, -0.05) is 0 Å². The van der Waals surface area contributed by atoms with E-state index in [1.807, 2.05) is 41.8 Å². The molecule has 0 aliphatic heterocycles. The Hall–Kier alpha value is -3.09. The first-order valence-corrected chi connectivity index (χ1v) is 7.23. The molecule has 3 aromatic heterocycles. The summed E-state index contributed by atoms with van der Waals surface area (Å²) < 4.78 is 7.00. The molecule has 0 bridgehead atoms. The van der Waals surface area contributed by atoms with Crippen molar-refractivity contribution in [2.75, 3.05) is 19.0 Å². The van der Waals surface area contributed by atoms with Crippen LogP contribution in [0, 0.1) is 0 Å². The molecule has 2 N–H and O–H groups in total. The predicted octanol–water partition coefficient (Wildman–Crippen LogP) is 2.55. The molecule has 118 valence electrons. The molecule has 0 aliphatic rings. The highest BCUT2D eigenvalue weighted by Crippen LogP contribution is 2.23.